The Labute approximate surface area is 184 Å². The van der Waals surface area contributed by atoms with E-state index in [-0.39, 0.29) is 12.1 Å². The van der Waals surface area contributed by atoms with Crippen LogP contribution in [-0.2, 0) is 6.54 Å². The van der Waals surface area contributed by atoms with E-state index in [1.807, 2.05) is 60.8 Å². The van der Waals surface area contributed by atoms with Crippen molar-refractivity contribution >= 4 is 37.5 Å². The molecule has 0 radical (unpaired) electrons. The van der Waals surface area contributed by atoms with Crippen LogP contribution in [0, 0.1) is 6.92 Å². The molecule has 3 aromatic heterocycles. The smallest absolute Gasteiger partial charge is 0.263 e. The van der Waals surface area contributed by atoms with Crippen molar-refractivity contribution in [3.05, 3.63) is 86.5 Å². The van der Waals surface area contributed by atoms with E-state index in [0.29, 0.717) is 21.9 Å². The van der Waals surface area contributed by atoms with Crippen molar-refractivity contribution in [3.63, 3.8) is 0 Å². The molecular weight excluding hydrogens is 464 g/mol. The van der Waals surface area contributed by atoms with Gasteiger partial charge in [0.1, 0.15) is 11.4 Å². The molecule has 3 heterocycles. The zero-order chi connectivity index (χ0) is 20.7. The third kappa shape index (κ3) is 3.38. The van der Waals surface area contributed by atoms with E-state index < -0.39 is 0 Å². The van der Waals surface area contributed by atoms with Crippen LogP contribution >= 0.6 is 27.3 Å². The van der Waals surface area contributed by atoms with Gasteiger partial charge in [0.2, 0.25) is 11.7 Å². The molecule has 0 unspecified atom stereocenters. The zero-order valence-electron chi connectivity index (χ0n) is 15.9. The summed E-state index contributed by atoms with van der Waals surface area (Å²) in [6.45, 7) is 2.16. The van der Waals surface area contributed by atoms with Crippen molar-refractivity contribution < 1.29 is 4.52 Å². The lowest BCUT2D eigenvalue weighted by molar-refractivity contribution is 0.369. The Morgan fingerprint density at radius 3 is 2.70 bits per heavy atom. The number of aryl methyl sites for hydroxylation is 1. The van der Waals surface area contributed by atoms with Crippen LogP contribution in [0.2, 0.25) is 0 Å². The van der Waals surface area contributed by atoms with E-state index in [1.54, 1.807) is 0 Å². The molecule has 2 aromatic carbocycles. The number of fused-ring (bicyclic) bond motifs is 1. The van der Waals surface area contributed by atoms with E-state index >= 15 is 0 Å². The quantitative estimate of drug-likeness (QED) is 0.350. The molecule has 0 saturated carbocycles. The van der Waals surface area contributed by atoms with E-state index in [1.165, 1.54) is 22.2 Å². The van der Waals surface area contributed by atoms with Gasteiger partial charge in [0.05, 0.1) is 11.7 Å². The molecule has 5 rings (SSSR count). The van der Waals surface area contributed by atoms with Gasteiger partial charge in [-0.25, -0.2) is 4.98 Å². The molecule has 5 aromatic rings. The summed E-state index contributed by atoms with van der Waals surface area (Å²) in [6.07, 6.45) is 1.53. The lowest BCUT2D eigenvalue weighted by Crippen LogP contribution is -2.21. The third-order valence-electron chi connectivity index (χ3n) is 4.88. The molecule has 148 valence electrons. The predicted octanol–water partition coefficient (Wildman–Crippen LogP) is 5.29. The maximum absolute atomic E-state index is 13.2. The van der Waals surface area contributed by atoms with Crippen molar-refractivity contribution in [2.45, 2.75) is 13.5 Å². The first-order valence-corrected chi connectivity index (χ1v) is 10.9. The predicted molar refractivity (Wildman–Crippen MR) is 121 cm³/mol. The van der Waals surface area contributed by atoms with Gasteiger partial charge in [-0.2, -0.15) is 4.98 Å². The van der Waals surface area contributed by atoms with Crippen molar-refractivity contribution in [1.29, 1.82) is 0 Å². The average molecular weight is 479 g/mol. The number of halogens is 1. The molecule has 30 heavy (non-hydrogen) atoms. The van der Waals surface area contributed by atoms with Crippen LogP contribution in [-0.4, -0.2) is 19.7 Å². The highest BCUT2D eigenvalue weighted by atomic mass is 79.9. The van der Waals surface area contributed by atoms with Gasteiger partial charge in [0.25, 0.3) is 5.56 Å². The van der Waals surface area contributed by atoms with Gasteiger partial charge in [-0.05, 0) is 30.2 Å². The summed E-state index contributed by atoms with van der Waals surface area (Å²) >= 11 is 4.90. The Kier molecular flexibility index (Phi) is 4.80. The SMILES string of the molecule is Cc1ccccc1-c1noc(Cn2cnc3scc(-c4ccc(Br)cc4)c3c2=O)n1. The molecule has 0 amide bonds. The fourth-order valence-electron chi connectivity index (χ4n) is 3.32. The van der Waals surface area contributed by atoms with Crippen molar-refractivity contribution in [1.82, 2.24) is 19.7 Å². The van der Waals surface area contributed by atoms with Crippen LogP contribution in [0.1, 0.15) is 11.5 Å². The maximum Gasteiger partial charge on any atom is 0.263 e. The summed E-state index contributed by atoms with van der Waals surface area (Å²) in [4.78, 5) is 22.9. The first kappa shape index (κ1) is 18.9. The summed E-state index contributed by atoms with van der Waals surface area (Å²) in [5, 5.41) is 6.64. The molecular formula is C22H15BrN4O2S. The van der Waals surface area contributed by atoms with Gasteiger partial charge >= 0.3 is 0 Å². The standard InChI is InChI=1S/C22H15BrN4O2S/c1-13-4-2-3-5-16(13)20-25-18(29-26-20)10-27-12-24-21-19(22(27)28)17(11-30-21)14-6-8-15(23)9-7-14/h2-9,11-12H,10H2,1H3. The fourth-order valence-corrected chi connectivity index (χ4v) is 4.49. The summed E-state index contributed by atoms with van der Waals surface area (Å²) in [5.41, 5.74) is 3.68. The van der Waals surface area contributed by atoms with Crippen molar-refractivity contribution in [2.24, 2.45) is 0 Å². The van der Waals surface area contributed by atoms with Crippen LogP contribution in [0.15, 0.2) is 74.0 Å². The van der Waals surface area contributed by atoms with Crippen LogP contribution in [0.5, 0.6) is 0 Å². The van der Waals surface area contributed by atoms with Gasteiger partial charge in [0, 0.05) is 21.0 Å². The van der Waals surface area contributed by atoms with Crippen LogP contribution in [0.4, 0.5) is 0 Å². The highest BCUT2D eigenvalue weighted by molar-refractivity contribution is 9.10. The minimum Gasteiger partial charge on any atom is -0.337 e. The van der Waals surface area contributed by atoms with Crippen LogP contribution in [0.25, 0.3) is 32.7 Å². The lowest BCUT2D eigenvalue weighted by Gasteiger charge is -2.04. The van der Waals surface area contributed by atoms with E-state index in [2.05, 4.69) is 31.1 Å². The van der Waals surface area contributed by atoms with Crippen molar-refractivity contribution in [2.75, 3.05) is 0 Å². The molecule has 0 aliphatic heterocycles. The molecule has 0 aliphatic rings. The van der Waals surface area contributed by atoms with E-state index in [4.69, 9.17) is 4.52 Å². The molecule has 0 aliphatic carbocycles. The number of rotatable bonds is 4. The number of benzene rings is 2. The van der Waals surface area contributed by atoms with E-state index in [9.17, 15) is 4.79 Å². The average Bonchev–Trinajstić information content (AvgIpc) is 3.39. The summed E-state index contributed by atoms with van der Waals surface area (Å²) in [6, 6.07) is 15.7. The topological polar surface area (TPSA) is 73.8 Å². The molecule has 0 fully saturated rings. The zero-order valence-corrected chi connectivity index (χ0v) is 18.3. The Morgan fingerprint density at radius 1 is 1.10 bits per heavy atom. The second-order valence-corrected chi connectivity index (χ2v) is 8.61. The molecule has 6 nitrogen and oxygen atoms in total. The molecule has 0 spiro atoms. The van der Waals surface area contributed by atoms with Gasteiger partial charge < -0.3 is 4.52 Å². The van der Waals surface area contributed by atoms with Gasteiger partial charge in [0.15, 0.2) is 0 Å². The van der Waals surface area contributed by atoms with Gasteiger partial charge in [-0.3, -0.25) is 9.36 Å². The number of nitrogens with zero attached hydrogens (tertiary/aromatic N) is 4. The molecule has 8 heteroatoms. The van der Waals surface area contributed by atoms with Gasteiger partial charge in [-0.15, -0.1) is 11.3 Å². The highest BCUT2D eigenvalue weighted by Crippen LogP contribution is 2.31. The lowest BCUT2D eigenvalue weighted by atomic mass is 10.1. The summed E-state index contributed by atoms with van der Waals surface area (Å²) in [5.74, 6) is 0.869. The normalized spacial score (nSPS) is 11.3. The second-order valence-electron chi connectivity index (χ2n) is 6.84. The Hall–Kier alpha value is -3.10. The minimum absolute atomic E-state index is 0.130. The number of hydrogen-bond acceptors (Lipinski definition) is 6. The number of aromatic nitrogens is 4. The second kappa shape index (κ2) is 7.62. The third-order valence-corrected chi connectivity index (χ3v) is 6.29. The van der Waals surface area contributed by atoms with E-state index in [0.717, 1.165) is 26.7 Å². The number of thiophene rings is 1. The molecule has 0 saturated heterocycles. The van der Waals surface area contributed by atoms with Crippen LogP contribution < -0.4 is 5.56 Å². The minimum atomic E-state index is -0.130. The Morgan fingerprint density at radius 2 is 1.90 bits per heavy atom. The van der Waals surface area contributed by atoms with Crippen LogP contribution in [0.3, 0.4) is 0 Å². The first-order chi connectivity index (χ1) is 14.6. The highest BCUT2D eigenvalue weighted by Gasteiger charge is 2.16. The Balaban J connectivity index is 1.52. The molecule has 0 atom stereocenters. The fraction of sp³-hybridized carbons (Fsp3) is 0.0909. The monoisotopic (exact) mass is 478 g/mol. The van der Waals surface area contributed by atoms with Gasteiger partial charge in [-0.1, -0.05) is 57.5 Å². The maximum atomic E-state index is 13.2. The first-order valence-electron chi connectivity index (χ1n) is 9.21. The van der Waals surface area contributed by atoms with Crippen molar-refractivity contribution in [3.8, 4) is 22.5 Å². The summed E-state index contributed by atoms with van der Waals surface area (Å²) < 4.78 is 7.90. The molecule has 0 bridgehead atoms. The summed E-state index contributed by atoms with van der Waals surface area (Å²) in [7, 11) is 0. The molecule has 0 N–H and O–H groups in total. The largest absolute Gasteiger partial charge is 0.337 e. The Bertz CT molecular complexity index is 1420. The number of hydrogen-bond donors (Lipinski definition) is 0.